The number of carbonyl (C=O) groups is 1. The van der Waals surface area contributed by atoms with Gasteiger partial charge in [0.25, 0.3) is 0 Å². The fraction of sp³-hybridized carbons (Fsp3) is 0.312. The number of rotatable bonds is 4. The molecule has 5 nitrogen and oxygen atoms in total. The molecule has 22 heavy (non-hydrogen) atoms. The van der Waals surface area contributed by atoms with Crippen molar-refractivity contribution in [2.24, 2.45) is 0 Å². The summed E-state index contributed by atoms with van der Waals surface area (Å²) in [6, 6.07) is 10.2. The van der Waals surface area contributed by atoms with Crippen LogP contribution in [0.4, 0.5) is 5.95 Å². The zero-order chi connectivity index (χ0) is 15.4. The molecule has 114 valence electrons. The molecule has 0 fully saturated rings. The molecule has 0 spiro atoms. The average molecular weight is 314 g/mol. The van der Waals surface area contributed by atoms with Gasteiger partial charge in [0.05, 0.1) is 18.0 Å². The molecule has 0 saturated heterocycles. The van der Waals surface area contributed by atoms with Crippen molar-refractivity contribution in [1.82, 2.24) is 14.9 Å². The number of hydrogen-bond acceptors (Lipinski definition) is 5. The maximum absolute atomic E-state index is 12.3. The van der Waals surface area contributed by atoms with Crippen LogP contribution in [0.5, 0.6) is 0 Å². The fourth-order valence-corrected chi connectivity index (χ4v) is 3.34. The summed E-state index contributed by atoms with van der Waals surface area (Å²) in [5.41, 5.74) is 8.83. The van der Waals surface area contributed by atoms with Gasteiger partial charge in [-0.15, -0.1) is 11.8 Å². The van der Waals surface area contributed by atoms with Crippen molar-refractivity contribution < 1.29 is 4.79 Å². The Labute approximate surface area is 133 Å². The van der Waals surface area contributed by atoms with Crippen molar-refractivity contribution in [1.29, 1.82) is 0 Å². The number of nitrogen functional groups attached to an aromatic ring is 1. The smallest absolute Gasteiger partial charge is 0.232 e. The van der Waals surface area contributed by atoms with E-state index in [-0.39, 0.29) is 11.9 Å². The van der Waals surface area contributed by atoms with E-state index in [1.54, 1.807) is 18.0 Å². The molecule has 1 aromatic carbocycles. The van der Waals surface area contributed by atoms with Crippen LogP contribution >= 0.6 is 11.8 Å². The lowest BCUT2D eigenvalue weighted by atomic mass is 10.1. The average Bonchev–Trinajstić information content (AvgIpc) is 2.55. The van der Waals surface area contributed by atoms with Gasteiger partial charge in [-0.2, -0.15) is 0 Å². The summed E-state index contributed by atoms with van der Waals surface area (Å²) in [5.74, 6) is 1.77. The Balaban J connectivity index is 1.53. The first-order valence-corrected chi connectivity index (χ1v) is 8.37. The topological polar surface area (TPSA) is 72.1 Å². The SMILES string of the molecule is Nc1ncc2c(n1)CN(C(=O)CSCc1ccccc1)CC2. The van der Waals surface area contributed by atoms with Crippen LogP contribution in [0.2, 0.25) is 0 Å². The fourth-order valence-electron chi connectivity index (χ4n) is 2.45. The summed E-state index contributed by atoms with van der Waals surface area (Å²) < 4.78 is 0. The minimum atomic E-state index is 0.156. The van der Waals surface area contributed by atoms with Gasteiger partial charge in [0, 0.05) is 18.5 Å². The quantitative estimate of drug-likeness (QED) is 0.933. The van der Waals surface area contributed by atoms with Crippen LogP contribution in [0.15, 0.2) is 36.5 Å². The molecule has 2 aromatic rings. The van der Waals surface area contributed by atoms with Crippen LogP contribution in [0.1, 0.15) is 16.8 Å². The number of anilines is 1. The summed E-state index contributed by atoms with van der Waals surface area (Å²) >= 11 is 1.64. The minimum Gasteiger partial charge on any atom is -0.368 e. The van der Waals surface area contributed by atoms with E-state index in [1.807, 2.05) is 23.1 Å². The Bertz CT molecular complexity index is 662. The van der Waals surface area contributed by atoms with Crippen molar-refractivity contribution in [3.05, 3.63) is 53.3 Å². The second-order valence-electron chi connectivity index (χ2n) is 5.24. The van der Waals surface area contributed by atoms with Gasteiger partial charge in [0.15, 0.2) is 0 Å². The van der Waals surface area contributed by atoms with Gasteiger partial charge in [-0.1, -0.05) is 30.3 Å². The van der Waals surface area contributed by atoms with E-state index in [0.29, 0.717) is 12.3 Å². The van der Waals surface area contributed by atoms with Crippen molar-refractivity contribution >= 4 is 23.6 Å². The number of carbonyl (C=O) groups excluding carboxylic acids is 1. The molecular formula is C16H18N4OS. The lowest BCUT2D eigenvalue weighted by Gasteiger charge is -2.27. The third-order valence-electron chi connectivity index (χ3n) is 3.65. The summed E-state index contributed by atoms with van der Waals surface area (Å²) in [6.07, 6.45) is 2.56. The number of benzene rings is 1. The Morgan fingerprint density at radius 2 is 2.14 bits per heavy atom. The highest BCUT2D eigenvalue weighted by atomic mass is 32.2. The largest absolute Gasteiger partial charge is 0.368 e. The molecule has 0 radical (unpaired) electrons. The number of nitrogens with zero attached hydrogens (tertiary/aromatic N) is 3. The van der Waals surface area contributed by atoms with E-state index in [2.05, 4.69) is 22.1 Å². The normalized spacial score (nSPS) is 13.7. The molecule has 0 saturated carbocycles. The monoisotopic (exact) mass is 314 g/mol. The van der Waals surface area contributed by atoms with E-state index >= 15 is 0 Å². The van der Waals surface area contributed by atoms with Crippen molar-refractivity contribution in [2.45, 2.75) is 18.7 Å². The Morgan fingerprint density at radius 3 is 2.95 bits per heavy atom. The molecule has 3 rings (SSSR count). The second kappa shape index (κ2) is 6.79. The molecule has 2 heterocycles. The van der Waals surface area contributed by atoms with Crippen LogP contribution in [0, 0.1) is 0 Å². The van der Waals surface area contributed by atoms with Gasteiger partial charge >= 0.3 is 0 Å². The zero-order valence-electron chi connectivity index (χ0n) is 12.2. The van der Waals surface area contributed by atoms with Crippen LogP contribution in [0.3, 0.4) is 0 Å². The van der Waals surface area contributed by atoms with E-state index in [0.717, 1.165) is 30.0 Å². The van der Waals surface area contributed by atoms with Crippen LogP contribution < -0.4 is 5.73 Å². The highest BCUT2D eigenvalue weighted by Crippen LogP contribution is 2.19. The Kier molecular flexibility index (Phi) is 4.58. The third kappa shape index (κ3) is 3.57. The Morgan fingerprint density at radius 1 is 1.32 bits per heavy atom. The highest BCUT2D eigenvalue weighted by molar-refractivity contribution is 7.99. The van der Waals surface area contributed by atoms with Gasteiger partial charge in [-0.3, -0.25) is 4.79 Å². The number of nitrogens with two attached hydrogens (primary N) is 1. The number of fused-ring (bicyclic) bond motifs is 1. The van der Waals surface area contributed by atoms with E-state index in [4.69, 9.17) is 5.73 Å². The number of hydrogen-bond donors (Lipinski definition) is 1. The molecule has 1 aliphatic heterocycles. The number of thioether (sulfide) groups is 1. The summed E-state index contributed by atoms with van der Waals surface area (Å²) in [7, 11) is 0. The van der Waals surface area contributed by atoms with Crippen LogP contribution in [-0.2, 0) is 23.5 Å². The van der Waals surface area contributed by atoms with Gasteiger partial charge in [0.1, 0.15) is 0 Å². The molecule has 1 aromatic heterocycles. The predicted molar refractivity (Wildman–Crippen MR) is 88.2 cm³/mol. The molecule has 6 heteroatoms. The van der Waals surface area contributed by atoms with Gasteiger partial charge in [-0.05, 0) is 17.5 Å². The maximum atomic E-state index is 12.3. The first-order valence-electron chi connectivity index (χ1n) is 7.22. The third-order valence-corrected chi connectivity index (χ3v) is 4.64. The molecule has 1 aliphatic rings. The van der Waals surface area contributed by atoms with Crippen molar-refractivity contribution in [2.75, 3.05) is 18.0 Å². The predicted octanol–water partition coefficient (Wildman–Crippen LogP) is 1.88. The molecule has 1 amide bonds. The lowest BCUT2D eigenvalue weighted by molar-refractivity contribution is -0.129. The molecule has 0 aliphatic carbocycles. The van der Waals surface area contributed by atoms with Crippen LogP contribution in [0.25, 0.3) is 0 Å². The lowest BCUT2D eigenvalue weighted by Crippen LogP contribution is -2.37. The summed E-state index contributed by atoms with van der Waals surface area (Å²) in [6.45, 7) is 1.26. The molecular weight excluding hydrogens is 296 g/mol. The van der Waals surface area contributed by atoms with Gasteiger partial charge in [-0.25, -0.2) is 9.97 Å². The number of amides is 1. The van der Waals surface area contributed by atoms with E-state index < -0.39 is 0 Å². The van der Waals surface area contributed by atoms with Crippen LogP contribution in [-0.4, -0.2) is 33.1 Å². The first kappa shape index (κ1) is 14.8. The standard InChI is InChI=1S/C16H18N4OS/c17-16-18-8-13-6-7-20(9-14(13)19-16)15(21)11-22-10-12-4-2-1-3-5-12/h1-5,8H,6-7,9-11H2,(H2,17,18,19). The first-order chi connectivity index (χ1) is 10.7. The van der Waals surface area contributed by atoms with Crippen molar-refractivity contribution in [3.8, 4) is 0 Å². The van der Waals surface area contributed by atoms with Gasteiger partial charge < -0.3 is 10.6 Å². The van der Waals surface area contributed by atoms with Crippen molar-refractivity contribution in [3.63, 3.8) is 0 Å². The number of aromatic nitrogens is 2. The molecule has 2 N–H and O–H groups in total. The maximum Gasteiger partial charge on any atom is 0.232 e. The zero-order valence-corrected chi connectivity index (χ0v) is 13.1. The highest BCUT2D eigenvalue weighted by Gasteiger charge is 2.21. The van der Waals surface area contributed by atoms with E-state index in [9.17, 15) is 4.79 Å². The summed E-state index contributed by atoms with van der Waals surface area (Å²) in [4.78, 5) is 22.4. The molecule has 0 unspecified atom stereocenters. The second-order valence-corrected chi connectivity index (χ2v) is 6.23. The summed E-state index contributed by atoms with van der Waals surface area (Å²) in [5, 5.41) is 0. The van der Waals surface area contributed by atoms with E-state index in [1.165, 1.54) is 5.56 Å². The molecule has 0 bridgehead atoms. The van der Waals surface area contributed by atoms with Gasteiger partial charge in [0.2, 0.25) is 11.9 Å². The molecule has 0 atom stereocenters. The minimum absolute atomic E-state index is 0.156. The Hall–Kier alpha value is -2.08.